The van der Waals surface area contributed by atoms with Crippen molar-refractivity contribution in [2.75, 3.05) is 39.8 Å². The van der Waals surface area contributed by atoms with Gasteiger partial charge >= 0.3 is 6.03 Å². The highest BCUT2D eigenvalue weighted by atomic mass is 16.2. The second-order valence-electron chi connectivity index (χ2n) is 20.6. The molecule has 0 radical (unpaired) electrons. The molecule has 6 fully saturated rings. The Morgan fingerprint density at radius 2 is 1.62 bits per heavy atom. The highest BCUT2D eigenvalue weighted by Gasteiger charge is 2.85. The van der Waals surface area contributed by atoms with E-state index in [0.717, 1.165) is 70.3 Å². The lowest BCUT2D eigenvalue weighted by Gasteiger charge is -2.48. The third kappa shape index (κ3) is 6.41. The highest BCUT2D eigenvalue weighted by Crippen LogP contribution is 2.88. The summed E-state index contributed by atoms with van der Waals surface area (Å²) in [4.78, 5) is 63.6. The summed E-state index contributed by atoms with van der Waals surface area (Å²) in [6.45, 7) is 19.4. The molecular weight excluding hydrogens is 667 g/mol. The minimum atomic E-state index is -0.841. The number of urea groups is 1. The van der Waals surface area contributed by atoms with Gasteiger partial charge in [0.15, 0.2) is 0 Å². The maximum absolute atomic E-state index is 15.0. The average molecular weight is 736 g/mol. The number of fused-ring (bicyclic) bond motifs is 2. The van der Waals surface area contributed by atoms with Crippen LogP contribution in [0, 0.1) is 33.5 Å². The Hall–Kier alpha value is -2.66. The van der Waals surface area contributed by atoms with Crippen molar-refractivity contribution >= 4 is 23.6 Å². The Kier molecular flexibility index (Phi) is 9.85. The second-order valence-corrected chi connectivity index (χ2v) is 20.6. The number of nitrogens with one attached hydrogen (secondary N) is 3. The highest BCUT2D eigenvalue weighted by molar-refractivity contribution is 6.03. The van der Waals surface area contributed by atoms with Gasteiger partial charge in [-0.1, -0.05) is 60.3 Å². The molecule has 2 saturated heterocycles. The van der Waals surface area contributed by atoms with Crippen LogP contribution in [-0.2, 0) is 14.4 Å². The number of hydrogen-bond donors (Lipinski definition) is 4. The van der Waals surface area contributed by atoms with E-state index in [1.807, 2.05) is 20.8 Å². The van der Waals surface area contributed by atoms with E-state index in [9.17, 15) is 14.4 Å². The summed E-state index contributed by atoms with van der Waals surface area (Å²) in [7, 11) is 2.17. The molecule has 2 aliphatic heterocycles. The molecule has 11 nitrogen and oxygen atoms in total. The van der Waals surface area contributed by atoms with E-state index < -0.39 is 23.5 Å². The van der Waals surface area contributed by atoms with Crippen molar-refractivity contribution in [3.8, 4) is 0 Å². The first-order valence-electron chi connectivity index (χ1n) is 21.0. The van der Waals surface area contributed by atoms with E-state index in [2.05, 4.69) is 60.5 Å². The molecule has 296 valence electrons. The van der Waals surface area contributed by atoms with Gasteiger partial charge in [-0.15, -0.1) is 0 Å². The topological polar surface area (TPSA) is 140 Å². The lowest BCUT2D eigenvalue weighted by molar-refractivity contribution is -0.142. The smallest absolute Gasteiger partial charge is 0.315 e. The van der Waals surface area contributed by atoms with Gasteiger partial charge in [0, 0.05) is 49.7 Å². The first-order valence-corrected chi connectivity index (χ1v) is 21.0. The number of amides is 4. The van der Waals surface area contributed by atoms with E-state index in [4.69, 9.17) is 5.73 Å². The van der Waals surface area contributed by atoms with Gasteiger partial charge in [0.25, 0.3) is 0 Å². The lowest BCUT2D eigenvalue weighted by atomic mass is 9.69. The van der Waals surface area contributed by atoms with Crippen molar-refractivity contribution in [3.05, 3.63) is 11.3 Å². The van der Waals surface area contributed by atoms with Crippen molar-refractivity contribution in [2.24, 2.45) is 39.2 Å². The van der Waals surface area contributed by atoms with Gasteiger partial charge in [-0.05, 0) is 106 Å². The quantitative estimate of drug-likeness (QED) is 0.287. The van der Waals surface area contributed by atoms with Gasteiger partial charge in [-0.3, -0.25) is 19.3 Å². The normalized spacial score (nSPS) is 33.5. The summed E-state index contributed by atoms with van der Waals surface area (Å²) in [6, 6.07) is -2.57. The molecule has 0 bridgehead atoms. The van der Waals surface area contributed by atoms with Gasteiger partial charge in [0.1, 0.15) is 12.1 Å². The zero-order chi connectivity index (χ0) is 38.3. The third-order valence-electron chi connectivity index (χ3n) is 16.0. The predicted molar refractivity (Wildman–Crippen MR) is 207 cm³/mol. The van der Waals surface area contributed by atoms with Crippen molar-refractivity contribution in [2.45, 2.75) is 155 Å². The Labute approximate surface area is 318 Å². The van der Waals surface area contributed by atoms with Crippen molar-refractivity contribution in [1.82, 2.24) is 30.7 Å². The van der Waals surface area contributed by atoms with E-state index in [-0.39, 0.29) is 57.4 Å². The summed E-state index contributed by atoms with van der Waals surface area (Å²) in [6.07, 6.45) is 12.2. The monoisotopic (exact) mass is 736 g/mol. The van der Waals surface area contributed by atoms with Gasteiger partial charge in [0.2, 0.25) is 17.6 Å². The first kappa shape index (κ1) is 38.6. The fourth-order valence-corrected chi connectivity index (χ4v) is 12.3. The number of nitrogens with two attached hydrogens (primary N) is 1. The zero-order valence-corrected chi connectivity index (χ0v) is 34.0. The molecule has 4 amide bonds. The average Bonchev–Trinajstić information content (AvgIpc) is 3.26. The molecule has 7 aliphatic rings. The molecule has 0 aromatic heterocycles. The molecule has 2 spiro atoms. The Bertz CT molecular complexity index is 1520. The molecule has 7 rings (SSSR count). The predicted octanol–water partition coefficient (Wildman–Crippen LogP) is 4.55. The second kappa shape index (κ2) is 13.5. The molecule has 5 N–H and O–H groups in total. The minimum Gasteiger partial charge on any atom is -0.396 e. The number of likely N-dealkylation sites (tertiary alicyclic amines) is 1. The number of Topliss-reactive ketones (excluding diaryl/α,β-unsaturated/α-hetero) is 1. The van der Waals surface area contributed by atoms with E-state index >= 15 is 4.79 Å². The Morgan fingerprint density at radius 1 is 0.925 bits per heavy atom. The summed E-state index contributed by atoms with van der Waals surface area (Å²) in [5.74, 6) is -0.0505. The maximum Gasteiger partial charge on any atom is 0.315 e. The number of piperazine rings is 1. The maximum atomic E-state index is 15.0. The van der Waals surface area contributed by atoms with Crippen molar-refractivity contribution in [3.63, 3.8) is 0 Å². The summed E-state index contributed by atoms with van der Waals surface area (Å²) in [5, 5.41) is 9.68. The fourth-order valence-electron chi connectivity index (χ4n) is 12.3. The molecule has 0 aromatic carbocycles. The molecular formula is C42H69N7O4. The number of nitrogens with zero attached hydrogens (tertiary/aromatic N) is 3. The van der Waals surface area contributed by atoms with E-state index in [1.54, 1.807) is 4.90 Å². The van der Waals surface area contributed by atoms with Crippen molar-refractivity contribution in [1.29, 1.82) is 0 Å². The lowest BCUT2D eigenvalue weighted by Crippen LogP contribution is -2.64. The number of carbonyl (C=O) groups excluding carboxylic acids is 4. The molecule has 6 atom stereocenters. The van der Waals surface area contributed by atoms with E-state index in [1.165, 1.54) is 25.7 Å². The number of carbonyl (C=O) groups is 4. The van der Waals surface area contributed by atoms with Crippen LogP contribution >= 0.6 is 0 Å². The van der Waals surface area contributed by atoms with Crippen LogP contribution in [0.3, 0.4) is 0 Å². The van der Waals surface area contributed by atoms with E-state index in [0.29, 0.717) is 31.0 Å². The van der Waals surface area contributed by atoms with Crippen LogP contribution in [0.4, 0.5) is 4.79 Å². The number of ketones is 1. The molecule has 4 unspecified atom stereocenters. The summed E-state index contributed by atoms with van der Waals surface area (Å²) >= 11 is 0. The Balaban J connectivity index is 1.11. The van der Waals surface area contributed by atoms with Crippen LogP contribution in [-0.4, -0.2) is 108 Å². The zero-order valence-electron chi connectivity index (χ0n) is 34.0. The van der Waals surface area contributed by atoms with Gasteiger partial charge < -0.3 is 31.5 Å². The molecule has 53 heavy (non-hydrogen) atoms. The Morgan fingerprint density at radius 3 is 2.19 bits per heavy atom. The third-order valence-corrected chi connectivity index (χ3v) is 16.0. The molecule has 4 saturated carbocycles. The van der Waals surface area contributed by atoms with Crippen LogP contribution in [0.15, 0.2) is 11.3 Å². The number of rotatable bonds is 8. The molecule has 0 aromatic rings. The number of allylic oxidation sites excluding steroid dienone is 1. The summed E-state index contributed by atoms with van der Waals surface area (Å²) in [5.41, 5.74) is 6.93. The fraction of sp³-hybridized carbons (Fsp3) is 0.857. The van der Waals surface area contributed by atoms with Gasteiger partial charge in [-0.25, -0.2) is 4.79 Å². The van der Waals surface area contributed by atoms with Crippen LogP contribution < -0.4 is 21.7 Å². The van der Waals surface area contributed by atoms with Crippen LogP contribution in [0.2, 0.25) is 0 Å². The van der Waals surface area contributed by atoms with Crippen LogP contribution in [0.5, 0.6) is 0 Å². The standard InChI is InChI=1S/C42H69N7O4/c1-38(2,3)34(46-37(53)45-30(26-13-10-9-11-14-26)23-48-20-19-47(8)24-39(48,4)5)36(52)49-25-42(40(6,7)41(42)17-12-18-41)22-31(49)35(51)44-29-21-27-15-16-28(27)32(43)33(29)50/h26-27,29-31,34H,9-25,43H2,1-8H3,(H,44,51)(H2,45,46,53)/t27?,29?,30-,31+,34?,42?/m1/s1. The molecule has 11 heteroatoms. The van der Waals surface area contributed by atoms with Gasteiger partial charge in [0.05, 0.1) is 11.7 Å². The van der Waals surface area contributed by atoms with Crippen LogP contribution in [0.25, 0.3) is 0 Å². The van der Waals surface area contributed by atoms with Crippen molar-refractivity contribution < 1.29 is 19.2 Å². The van der Waals surface area contributed by atoms with Gasteiger partial charge in [-0.2, -0.15) is 0 Å². The summed E-state index contributed by atoms with van der Waals surface area (Å²) < 4.78 is 0. The first-order chi connectivity index (χ1) is 24.8. The minimum absolute atomic E-state index is 0.00719. The SMILES string of the molecule is CN1CCN(C[C@@H](NC(=O)NC(C(=O)N2CC3(C[C@H]2C(=O)NC2CC4CCC4=C(N)C2=O)C(C)(C)C32CCC2)C(C)(C)C)C2CCCCC2)C(C)(C)C1. The molecule has 5 aliphatic carbocycles. The number of likely N-dealkylation sites (N-methyl/N-ethyl adjacent to an activating group) is 1. The van der Waals surface area contributed by atoms with Crippen LogP contribution in [0.1, 0.15) is 126 Å². The number of hydrogen-bond acceptors (Lipinski definition) is 7. The largest absolute Gasteiger partial charge is 0.396 e. The molecule has 2 heterocycles.